The number of Topliss-reactive ketones (excluding diaryl/α,β-unsaturated/α-hetero) is 1. The number of aliphatic imine (C=N–C) groups is 1. The summed E-state index contributed by atoms with van der Waals surface area (Å²) in [4.78, 5) is 38.7. The number of halogens is 2. The second-order valence-corrected chi connectivity index (χ2v) is 12.3. The monoisotopic (exact) mass is 540 g/mol. The highest BCUT2D eigenvalue weighted by molar-refractivity contribution is 6.35. The van der Waals surface area contributed by atoms with Gasteiger partial charge in [-0.15, -0.1) is 0 Å². The average molecular weight is 542 g/mol. The first-order chi connectivity index (χ1) is 17.5. The number of fused-ring (bicyclic) bond motifs is 2. The summed E-state index contributed by atoms with van der Waals surface area (Å²) in [6, 6.07) is 10.8. The highest BCUT2D eigenvalue weighted by Gasteiger charge is 2.47. The number of amides is 1. The molecule has 3 aliphatic rings. The third-order valence-electron chi connectivity index (χ3n) is 7.80. The van der Waals surface area contributed by atoms with E-state index in [1.54, 1.807) is 24.0 Å². The minimum atomic E-state index is -0.589. The van der Waals surface area contributed by atoms with Crippen molar-refractivity contribution in [1.82, 2.24) is 9.80 Å². The molecule has 2 unspecified atom stereocenters. The summed E-state index contributed by atoms with van der Waals surface area (Å²) < 4.78 is 0. The molecular formula is C29H34Cl2N4O2. The highest BCUT2D eigenvalue weighted by atomic mass is 35.5. The Labute approximate surface area is 229 Å². The molecule has 2 aromatic carbocycles. The summed E-state index contributed by atoms with van der Waals surface area (Å²) in [6.07, 6.45) is 1.11. The number of hydrogen-bond donors (Lipinski definition) is 0. The normalized spacial score (nSPS) is 24.2. The number of ketones is 1. The Morgan fingerprint density at radius 1 is 1.05 bits per heavy atom. The predicted molar refractivity (Wildman–Crippen MR) is 150 cm³/mol. The summed E-state index contributed by atoms with van der Waals surface area (Å²) in [5.41, 5.74) is 3.92. The Balaban J connectivity index is 1.64. The van der Waals surface area contributed by atoms with Crippen LogP contribution in [-0.4, -0.2) is 60.4 Å². The molecule has 5 rings (SSSR count). The standard InChI is InChI=1S/C29H34Cl2N4O2/c1-18(36)35-25-8-5-19(17-34-11-9-33(4)10-12-34)13-23(25)32-24-15-29(2,3)16-26(37)27(24)28(35)21-7-6-20(30)14-22(21)31/h5-8,13-14,27-28H,9-12,15-17H2,1-4H3. The van der Waals surface area contributed by atoms with Crippen molar-refractivity contribution in [2.75, 3.05) is 38.1 Å². The third kappa shape index (κ3) is 5.35. The lowest BCUT2D eigenvalue weighted by Gasteiger charge is -2.41. The lowest BCUT2D eigenvalue weighted by atomic mass is 9.68. The largest absolute Gasteiger partial charge is 0.304 e. The molecule has 37 heavy (non-hydrogen) atoms. The van der Waals surface area contributed by atoms with Crippen LogP contribution >= 0.6 is 23.2 Å². The Hall–Kier alpha value is -2.25. The quantitative estimate of drug-likeness (QED) is 0.484. The molecule has 1 aliphatic carbocycles. The number of hydrogen-bond acceptors (Lipinski definition) is 5. The van der Waals surface area contributed by atoms with Gasteiger partial charge in [0.25, 0.3) is 0 Å². The molecule has 0 spiro atoms. The van der Waals surface area contributed by atoms with E-state index in [0.29, 0.717) is 34.1 Å². The zero-order chi connectivity index (χ0) is 26.5. The molecule has 0 aromatic heterocycles. The Kier molecular flexibility index (Phi) is 7.22. The molecule has 1 amide bonds. The topological polar surface area (TPSA) is 56.2 Å². The first-order valence-corrected chi connectivity index (χ1v) is 13.7. The van der Waals surface area contributed by atoms with Crippen LogP contribution in [0.5, 0.6) is 0 Å². The van der Waals surface area contributed by atoms with Crippen LogP contribution in [0.4, 0.5) is 11.4 Å². The Morgan fingerprint density at radius 3 is 2.46 bits per heavy atom. The molecule has 2 aliphatic heterocycles. The van der Waals surface area contributed by atoms with Crippen LogP contribution in [-0.2, 0) is 16.1 Å². The molecule has 2 aromatic rings. The van der Waals surface area contributed by atoms with E-state index in [-0.39, 0.29) is 17.1 Å². The van der Waals surface area contributed by atoms with Gasteiger partial charge in [0.1, 0.15) is 5.78 Å². The van der Waals surface area contributed by atoms with E-state index >= 15 is 0 Å². The summed E-state index contributed by atoms with van der Waals surface area (Å²) >= 11 is 12.9. The summed E-state index contributed by atoms with van der Waals surface area (Å²) in [7, 11) is 2.15. The van der Waals surface area contributed by atoms with Crippen molar-refractivity contribution in [1.29, 1.82) is 0 Å². The summed E-state index contributed by atoms with van der Waals surface area (Å²) in [6.45, 7) is 10.7. The second kappa shape index (κ2) is 10.1. The number of anilines is 1. The molecule has 2 fully saturated rings. The molecule has 2 heterocycles. The van der Waals surface area contributed by atoms with Crippen molar-refractivity contribution in [3.63, 3.8) is 0 Å². The van der Waals surface area contributed by atoms with Crippen molar-refractivity contribution in [3.8, 4) is 0 Å². The van der Waals surface area contributed by atoms with Crippen LogP contribution in [0.3, 0.4) is 0 Å². The fourth-order valence-corrected chi connectivity index (χ4v) is 6.52. The minimum Gasteiger partial charge on any atom is -0.304 e. The number of nitrogens with zero attached hydrogens (tertiary/aromatic N) is 4. The first-order valence-electron chi connectivity index (χ1n) is 12.9. The number of carbonyl (C=O) groups is 2. The van der Waals surface area contributed by atoms with E-state index in [9.17, 15) is 9.59 Å². The predicted octanol–water partition coefficient (Wildman–Crippen LogP) is 5.93. The Bertz CT molecular complexity index is 1270. The molecule has 2 atom stereocenters. The smallest absolute Gasteiger partial charge is 0.224 e. The maximum atomic E-state index is 13.7. The van der Waals surface area contributed by atoms with E-state index in [1.165, 1.54) is 0 Å². The van der Waals surface area contributed by atoms with Gasteiger partial charge in [-0.2, -0.15) is 0 Å². The lowest BCUT2D eigenvalue weighted by Crippen LogP contribution is -2.47. The van der Waals surface area contributed by atoms with E-state index in [4.69, 9.17) is 28.2 Å². The number of likely N-dealkylation sites (N-methyl/N-ethyl adjacent to an activating group) is 1. The van der Waals surface area contributed by atoms with Gasteiger partial charge >= 0.3 is 0 Å². The number of benzene rings is 2. The van der Waals surface area contributed by atoms with Gasteiger partial charge in [-0.1, -0.05) is 49.2 Å². The van der Waals surface area contributed by atoms with Gasteiger partial charge in [-0.3, -0.25) is 19.5 Å². The van der Waals surface area contributed by atoms with Crippen LogP contribution in [0.15, 0.2) is 41.4 Å². The van der Waals surface area contributed by atoms with Crippen LogP contribution in [0.1, 0.15) is 50.8 Å². The molecule has 196 valence electrons. The Morgan fingerprint density at radius 2 is 1.78 bits per heavy atom. The van der Waals surface area contributed by atoms with Crippen molar-refractivity contribution in [3.05, 3.63) is 57.6 Å². The van der Waals surface area contributed by atoms with Gasteiger partial charge in [-0.25, -0.2) is 0 Å². The van der Waals surface area contributed by atoms with Crippen molar-refractivity contribution < 1.29 is 9.59 Å². The van der Waals surface area contributed by atoms with Gasteiger partial charge in [0.05, 0.1) is 23.3 Å². The molecule has 1 saturated carbocycles. The fourth-order valence-electron chi connectivity index (χ4n) is 6.00. The van der Waals surface area contributed by atoms with Gasteiger partial charge in [0.2, 0.25) is 5.91 Å². The van der Waals surface area contributed by atoms with Crippen molar-refractivity contribution >= 4 is 52.0 Å². The number of rotatable bonds is 3. The van der Waals surface area contributed by atoms with Crippen molar-refractivity contribution in [2.24, 2.45) is 16.3 Å². The molecule has 0 bridgehead atoms. The summed E-state index contributed by atoms with van der Waals surface area (Å²) in [5.74, 6) is -0.634. The maximum Gasteiger partial charge on any atom is 0.224 e. The average Bonchev–Trinajstić information content (AvgIpc) is 2.93. The first kappa shape index (κ1) is 26.4. The third-order valence-corrected chi connectivity index (χ3v) is 8.36. The van der Waals surface area contributed by atoms with Gasteiger partial charge < -0.3 is 9.80 Å². The van der Waals surface area contributed by atoms with E-state index in [1.807, 2.05) is 12.1 Å². The van der Waals surface area contributed by atoms with E-state index in [0.717, 1.165) is 49.7 Å². The van der Waals surface area contributed by atoms with Crippen LogP contribution < -0.4 is 4.90 Å². The minimum absolute atomic E-state index is 0.0859. The maximum absolute atomic E-state index is 13.7. The lowest BCUT2D eigenvalue weighted by molar-refractivity contribution is -0.124. The molecular weight excluding hydrogens is 507 g/mol. The van der Waals surface area contributed by atoms with Gasteiger partial charge in [-0.05, 0) is 54.3 Å². The molecule has 6 nitrogen and oxygen atoms in total. The van der Waals surface area contributed by atoms with Crippen molar-refractivity contribution in [2.45, 2.75) is 46.2 Å². The SMILES string of the molecule is CC(=O)N1c2ccc(CN3CCN(C)CC3)cc2N=C2CC(C)(C)CC(=O)C2C1c1ccc(Cl)cc1Cl. The molecule has 0 N–H and O–H groups in total. The van der Waals surface area contributed by atoms with Crippen LogP contribution in [0.2, 0.25) is 10.0 Å². The van der Waals surface area contributed by atoms with Crippen LogP contribution in [0.25, 0.3) is 0 Å². The second-order valence-electron chi connectivity index (χ2n) is 11.5. The number of carbonyl (C=O) groups excluding carboxylic acids is 2. The van der Waals surface area contributed by atoms with E-state index in [2.05, 4.69) is 42.8 Å². The molecule has 1 saturated heterocycles. The van der Waals surface area contributed by atoms with Gasteiger partial charge in [0, 0.05) is 61.8 Å². The zero-order valence-corrected chi connectivity index (χ0v) is 23.4. The fraction of sp³-hybridized carbons (Fsp3) is 0.483. The van der Waals surface area contributed by atoms with Gasteiger partial charge in [0.15, 0.2) is 0 Å². The summed E-state index contributed by atoms with van der Waals surface area (Å²) in [5, 5.41) is 0.951. The molecule has 8 heteroatoms. The molecule has 0 radical (unpaired) electrons. The van der Waals surface area contributed by atoms with Crippen LogP contribution in [0, 0.1) is 11.3 Å². The highest BCUT2D eigenvalue weighted by Crippen LogP contribution is 2.49. The van der Waals surface area contributed by atoms with E-state index < -0.39 is 12.0 Å². The number of piperazine rings is 1. The zero-order valence-electron chi connectivity index (χ0n) is 21.9.